The van der Waals surface area contributed by atoms with Gasteiger partial charge in [-0.05, 0) is 49.4 Å². The quantitative estimate of drug-likeness (QED) is 0.337. The van der Waals surface area contributed by atoms with Crippen LogP contribution in [0.3, 0.4) is 0 Å². The van der Waals surface area contributed by atoms with Gasteiger partial charge in [-0.2, -0.15) is 13.1 Å². The Morgan fingerprint density at radius 3 is 2.81 bits per heavy atom. The van der Waals surface area contributed by atoms with Gasteiger partial charge in [0.15, 0.2) is 0 Å². The van der Waals surface area contributed by atoms with Gasteiger partial charge in [0.1, 0.15) is 24.7 Å². The summed E-state index contributed by atoms with van der Waals surface area (Å²) in [7, 11) is -2.46. The molecule has 1 amide bonds. The van der Waals surface area contributed by atoms with Crippen LogP contribution in [0.25, 0.3) is 0 Å². The molecule has 1 atom stereocenters. The molecule has 1 unspecified atom stereocenters. The number of amides is 1. The minimum atomic E-state index is -4.07. The Morgan fingerprint density at radius 2 is 2.06 bits per heavy atom. The maximum atomic E-state index is 12.0. The normalized spacial score (nSPS) is 15.4. The van der Waals surface area contributed by atoms with Crippen molar-refractivity contribution in [2.45, 2.75) is 38.3 Å². The van der Waals surface area contributed by atoms with Crippen molar-refractivity contribution in [3.8, 4) is 11.5 Å². The molecule has 1 saturated heterocycles. The zero-order valence-corrected chi connectivity index (χ0v) is 21.1. The topological polar surface area (TPSA) is 134 Å². The number of pyridine rings is 1. The predicted molar refractivity (Wildman–Crippen MR) is 131 cm³/mol. The molecule has 0 bridgehead atoms. The first-order chi connectivity index (χ1) is 17.4. The molecule has 0 aliphatic carbocycles. The van der Waals surface area contributed by atoms with Crippen molar-refractivity contribution in [3.05, 3.63) is 53.9 Å². The highest BCUT2D eigenvalue weighted by Gasteiger charge is 2.18. The van der Waals surface area contributed by atoms with Crippen molar-refractivity contribution >= 4 is 16.3 Å². The van der Waals surface area contributed by atoms with Crippen LogP contribution < -0.4 is 18.9 Å². The smallest absolute Gasteiger partial charge is 0.421 e. The van der Waals surface area contributed by atoms with Gasteiger partial charge < -0.3 is 23.7 Å². The highest BCUT2D eigenvalue weighted by Crippen LogP contribution is 2.27. The summed E-state index contributed by atoms with van der Waals surface area (Å²) in [6.45, 7) is 2.05. The maximum Gasteiger partial charge on any atom is 0.421 e. The Bertz CT molecular complexity index is 1050. The second-order valence-electron chi connectivity index (χ2n) is 8.04. The molecule has 0 radical (unpaired) electrons. The first-order valence-corrected chi connectivity index (χ1v) is 13.3. The number of benzene rings is 1. The van der Waals surface area contributed by atoms with Crippen molar-refractivity contribution in [2.75, 3.05) is 40.1 Å². The average molecular weight is 524 g/mol. The minimum Gasteiger partial charge on any atom is -0.491 e. The first kappa shape index (κ1) is 27.7. The predicted octanol–water partition coefficient (Wildman–Crippen LogP) is 2.36. The fraction of sp³-hybridized carbons (Fsp3) is 0.500. The lowest BCUT2D eigenvalue weighted by Gasteiger charge is -2.16. The Hall–Kier alpha value is -2.93. The molecule has 1 aliphatic heterocycles. The Labute approximate surface area is 211 Å². The lowest BCUT2D eigenvalue weighted by atomic mass is 10.1. The van der Waals surface area contributed by atoms with Gasteiger partial charge in [0.25, 0.3) is 0 Å². The molecule has 0 saturated carbocycles. The number of aromatic nitrogens is 1. The summed E-state index contributed by atoms with van der Waals surface area (Å²) in [5, 5.41) is 0. The summed E-state index contributed by atoms with van der Waals surface area (Å²) in [6, 6.07) is 10.7. The third-order valence-electron chi connectivity index (χ3n) is 5.25. The fourth-order valence-corrected chi connectivity index (χ4v) is 4.13. The Balaban J connectivity index is 1.45. The van der Waals surface area contributed by atoms with Crippen molar-refractivity contribution in [1.82, 2.24) is 14.4 Å². The monoisotopic (exact) mass is 523 g/mol. The third kappa shape index (κ3) is 9.97. The van der Waals surface area contributed by atoms with Gasteiger partial charge in [0.2, 0.25) is 0 Å². The molecule has 1 aliphatic rings. The van der Waals surface area contributed by atoms with Crippen molar-refractivity contribution in [3.63, 3.8) is 0 Å². The van der Waals surface area contributed by atoms with E-state index in [2.05, 4.69) is 9.71 Å². The Morgan fingerprint density at radius 1 is 1.17 bits per heavy atom. The number of carbonyl (C=O) groups is 1. The van der Waals surface area contributed by atoms with Gasteiger partial charge in [0.05, 0.1) is 31.6 Å². The van der Waals surface area contributed by atoms with Crippen LogP contribution in [0.5, 0.6) is 11.5 Å². The van der Waals surface area contributed by atoms with Crippen LogP contribution in [0.4, 0.5) is 4.79 Å². The average Bonchev–Trinajstić information content (AvgIpc) is 3.39. The zero-order chi connectivity index (χ0) is 25.6. The van der Waals surface area contributed by atoms with E-state index < -0.39 is 16.3 Å². The second kappa shape index (κ2) is 14.6. The SMILES string of the molecule is COCCOc1ccc(CCCOC(=O)NS(=O)(=O)NCc2ccccn2)c(OCC2CCCO2)c1. The van der Waals surface area contributed by atoms with Crippen LogP contribution in [0, 0.1) is 0 Å². The molecule has 3 rings (SSSR count). The molecule has 1 aromatic carbocycles. The maximum absolute atomic E-state index is 12.0. The van der Waals surface area contributed by atoms with Crippen molar-refractivity contribution in [2.24, 2.45) is 0 Å². The van der Waals surface area contributed by atoms with Crippen LogP contribution in [0.15, 0.2) is 42.6 Å². The molecular formula is C24H33N3O8S. The number of methoxy groups -OCH3 is 1. The van der Waals surface area contributed by atoms with E-state index in [-0.39, 0.29) is 19.3 Å². The molecule has 12 heteroatoms. The number of carbonyl (C=O) groups excluding carboxylic acids is 1. The minimum absolute atomic E-state index is 0.0266. The van der Waals surface area contributed by atoms with Crippen LogP contribution in [-0.4, -0.2) is 65.7 Å². The standard InChI is InChI=1S/C24H33N3O8S/c1-31-14-15-33-21-10-9-19(23(16-21)35-18-22-8-5-12-32-22)6-4-13-34-24(28)27-36(29,30)26-17-20-7-2-3-11-25-20/h2-3,7,9-11,16,22,26H,4-6,8,12-15,17-18H2,1H3,(H,27,28). The lowest BCUT2D eigenvalue weighted by molar-refractivity contribution is 0.0674. The van der Waals surface area contributed by atoms with E-state index >= 15 is 0 Å². The summed E-state index contributed by atoms with van der Waals surface area (Å²) in [6.07, 6.45) is 3.56. The Kier molecular flexibility index (Phi) is 11.2. The van der Waals surface area contributed by atoms with Crippen LogP contribution in [0.2, 0.25) is 0 Å². The van der Waals surface area contributed by atoms with Crippen LogP contribution in [-0.2, 0) is 37.4 Å². The van der Waals surface area contributed by atoms with E-state index in [1.54, 1.807) is 31.5 Å². The molecule has 0 spiro atoms. The summed E-state index contributed by atoms with van der Waals surface area (Å²) >= 11 is 0. The number of hydrogen-bond donors (Lipinski definition) is 2. The molecule has 2 N–H and O–H groups in total. The van der Waals surface area contributed by atoms with Crippen molar-refractivity contribution in [1.29, 1.82) is 0 Å². The van der Waals surface area contributed by atoms with Gasteiger partial charge in [0, 0.05) is 26.0 Å². The van der Waals surface area contributed by atoms with Gasteiger partial charge in [-0.1, -0.05) is 12.1 Å². The van der Waals surface area contributed by atoms with E-state index in [0.717, 1.165) is 25.0 Å². The van der Waals surface area contributed by atoms with Gasteiger partial charge >= 0.3 is 16.3 Å². The number of nitrogens with zero attached hydrogens (tertiary/aromatic N) is 1. The van der Waals surface area contributed by atoms with E-state index in [0.29, 0.717) is 49.9 Å². The number of rotatable bonds is 15. The molecule has 36 heavy (non-hydrogen) atoms. The molecular weight excluding hydrogens is 490 g/mol. The molecule has 1 fully saturated rings. The fourth-order valence-electron chi connectivity index (χ4n) is 3.44. The molecule has 2 heterocycles. The molecule has 198 valence electrons. The highest BCUT2D eigenvalue weighted by molar-refractivity contribution is 7.88. The summed E-state index contributed by atoms with van der Waals surface area (Å²) in [5.41, 5.74) is 1.43. The lowest BCUT2D eigenvalue weighted by Crippen LogP contribution is -2.40. The number of ether oxygens (including phenoxy) is 5. The molecule has 2 aromatic rings. The molecule has 11 nitrogen and oxygen atoms in total. The summed E-state index contributed by atoms with van der Waals surface area (Å²) in [4.78, 5) is 15.9. The third-order valence-corrected chi connectivity index (χ3v) is 6.21. The number of aryl methyl sites for hydroxylation is 1. The van der Waals surface area contributed by atoms with Gasteiger partial charge in [-0.15, -0.1) is 0 Å². The van der Waals surface area contributed by atoms with Crippen molar-refractivity contribution < 1.29 is 36.9 Å². The van der Waals surface area contributed by atoms with Crippen LogP contribution >= 0.6 is 0 Å². The second-order valence-corrected chi connectivity index (χ2v) is 9.54. The highest BCUT2D eigenvalue weighted by atomic mass is 32.2. The van der Waals surface area contributed by atoms with Gasteiger partial charge in [-0.3, -0.25) is 4.98 Å². The first-order valence-electron chi connectivity index (χ1n) is 11.8. The van der Waals surface area contributed by atoms with Crippen LogP contribution in [0.1, 0.15) is 30.5 Å². The van der Waals surface area contributed by atoms with Gasteiger partial charge in [-0.25, -0.2) is 9.52 Å². The summed E-state index contributed by atoms with van der Waals surface area (Å²) in [5.74, 6) is 1.34. The largest absolute Gasteiger partial charge is 0.491 e. The summed E-state index contributed by atoms with van der Waals surface area (Å²) < 4.78 is 55.5. The van der Waals surface area contributed by atoms with E-state index in [4.69, 9.17) is 23.7 Å². The van der Waals surface area contributed by atoms with E-state index in [1.807, 2.05) is 22.9 Å². The van der Waals surface area contributed by atoms with E-state index in [9.17, 15) is 13.2 Å². The number of nitrogens with one attached hydrogen (secondary N) is 2. The zero-order valence-electron chi connectivity index (χ0n) is 20.3. The van der Waals surface area contributed by atoms with E-state index in [1.165, 1.54) is 0 Å². The number of hydrogen-bond acceptors (Lipinski definition) is 9. The molecule has 1 aromatic heterocycles.